The van der Waals surface area contributed by atoms with Gasteiger partial charge in [0.05, 0.1) is 6.10 Å². The molecule has 0 bridgehead atoms. The maximum atomic E-state index is 9.63. The van der Waals surface area contributed by atoms with Gasteiger partial charge in [-0.05, 0) is 26.2 Å². The first-order valence-corrected chi connectivity index (χ1v) is 8.03. The Morgan fingerprint density at radius 1 is 1.05 bits per heavy atom. The quantitative estimate of drug-likeness (QED) is 0.652. The molecule has 0 fully saturated rings. The summed E-state index contributed by atoms with van der Waals surface area (Å²) in [6, 6.07) is 0. The number of hydrogen-bond donors (Lipinski definition) is 3. The molecule has 0 aliphatic rings. The average Bonchev–Trinajstić information content (AvgIpc) is 2.47. The Bertz CT molecular complexity index is 435. The van der Waals surface area contributed by atoms with Crippen LogP contribution in [0.3, 0.4) is 0 Å². The van der Waals surface area contributed by atoms with Gasteiger partial charge in [0.25, 0.3) is 0 Å². The van der Waals surface area contributed by atoms with Crippen LogP contribution >= 0.6 is 0 Å². The second kappa shape index (κ2) is 8.82. The predicted molar refractivity (Wildman–Crippen MR) is 89.0 cm³/mol. The van der Waals surface area contributed by atoms with Crippen LogP contribution in [-0.4, -0.2) is 34.3 Å². The standard InChI is InChI=1S/C16H30N4O/c1-6-9-17-15-12(5)16(18-10-8-13(21)7-2)20-14(19-15)11(3)4/h11,13,21H,6-10H2,1-5H3,(H2,17,18,19,20). The number of aliphatic hydroxyl groups is 1. The minimum Gasteiger partial charge on any atom is -0.393 e. The molecule has 1 atom stereocenters. The maximum absolute atomic E-state index is 9.63. The molecule has 3 N–H and O–H groups in total. The molecule has 0 aliphatic heterocycles. The van der Waals surface area contributed by atoms with E-state index in [1.807, 2.05) is 13.8 Å². The van der Waals surface area contributed by atoms with Gasteiger partial charge in [-0.15, -0.1) is 0 Å². The van der Waals surface area contributed by atoms with Crippen molar-refractivity contribution >= 4 is 11.6 Å². The number of aromatic nitrogens is 2. The lowest BCUT2D eigenvalue weighted by molar-refractivity contribution is 0.164. The molecule has 0 saturated heterocycles. The number of nitrogens with one attached hydrogen (secondary N) is 2. The summed E-state index contributed by atoms with van der Waals surface area (Å²) < 4.78 is 0. The Balaban J connectivity index is 2.87. The van der Waals surface area contributed by atoms with Crippen LogP contribution in [-0.2, 0) is 0 Å². The Morgan fingerprint density at radius 2 is 1.62 bits per heavy atom. The molecule has 0 saturated carbocycles. The number of rotatable bonds is 9. The number of nitrogens with zero attached hydrogens (tertiary/aromatic N) is 2. The summed E-state index contributed by atoms with van der Waals surface area (Å²) in [6.45, 7) is 12.0. The molecule has 0 spiro atoms. The monoisotopic (exact) mass is 294 g/mol. The minimum absolute atomic E-state index is 0.248. The van der Waals surface area contributed by atoms with Crippen LogP contribution in [0.4, 0.5) is 11.6 Å². The molecule has 1 rings (SSSR count). The van der Waals surface area contributed by atoms with Crippen molar-refractivity contribution in [2.45, 2.75) is 65.9 Å². The van der Waals surface area contributed by atoms with Crippen LogP contribution in [0.1, 0.15) is 64.3 Å². The molecule has 0 aliphatic carbocycles. The van der Waals surface area contributed by atoms with E-state index >= 15 is 0 Å². The van der Waals surface area contributed by atoms with E-state index < -0.39 is 0 Å². The summed E-state index contributed by atoms with van der Waals surface area (Å²) in [5.41, 5.74) is 1.04. The van der Waals surface area contributed by atoms with Gasteiger partial charge in [0.1, 0.15) is 17.5 Å². The second-order valence-electron chi connectivity index (χ2n) is 5.76. The van der Waals surface area contributed by atoms with Crippen LogP contribution in [0.2, 0.25) is 0 Å². The van der Waals surface area contributed by atoms with Crippen LogP contribution in [0, 0.1) is 6.92 Å². The summed E-state index contributed by atoms with van der Waals surface area (Å²) in [6.07, 6.45) is 2.33. The first-order valence-electron chi connectivity index (χ1n) is 8.03. The average molecular weight is 294 g/mol. The topological polar surface area (TPSA) is 70.1 Å². The lowest BCUT2D eigenvalue weighted by atomic mass is 10.2. The Morgan fingerprint density at radius 3 is 2.10 bits per heavy atom. The van der Waals surface area contributed by atoms with Gasteiger partial charge >= 0.3 is 0 Å². The van der Waals surface area contributed by atoms with E-state index in [-0.39, 0.29) is 12.0 Å². The summed E-state index contributed by atoms with van der Waals surface area (Å²) in [5, 5.41) is 16.3. The van der Waals surface area contributed by atoms with Crippen molar-refractivity contribution in [1.29, 1.82) is 0 Å². The van der Waals surface area contributed by atoms with Gasteiger partial charge in [-0.25, -0.2) is 9.97 Å². The fourth-order valence-corrected chi connectivity index (χ4v) is 1.94. The Hall–Kier alpha value is -1.36. The van der Waals surface area contributed by atoms with Crippen molar-refractivity contribution in [2.24, 2.45) is 0 Å². The zero-order valence-corrected chi connectivity index (χ0v) is 14.0. The molecular weight excluding hydrogens is 264 g/mol. The molecule has 1 heterocycles. The lowest BCUT2D eigenvalue weighted by Gasteiger charge is -2.17. The van der Waals surface area contributed by atoms with E-state index in [2.05, 4.69) is 41.4 Å². The van der Waals surface area contributed by atoms with E-state index in [1.165, 1.54) is 0 Å². The fraction of sp³-hybridized carbons (Fsp3) is 0.750. The summed E-state index contributed by atoms with van der Waals surface area (Å²) in [4.78, 5) is 9.24. The van der Waals surface area contributed by atoms with Crippen LogP contribution < -0.4 is 10.6 Å². The van der Waals surface area contributed by atoms with Gasteiger partial charge in [-0.1, -0.05) is 27.7 Å². The molecule has 120 valence electrons. The van der Waals surface area contributed by atoms with Crippen molar-refractivity contribution < 1.29 is 5.11 Å². The summed E-state index contributed by atoms with van der Waals surface area (Å²) in [7, 11) is 0. The fourth-order valence-electron chi connectivity index (χ4n) is 1.94. The van der Waals surface area contributed by atoms with E-state index in [0.29, 0.717) is 0 Å². The molecule has 1 aromatic heterocycles. The van der Waals surface area contributed by atoms with E-state index in [1.54, 1.807) is 0 Å². The van der Waals surface area contributed by atoms with E-state index in [4.69, 9.17) is 0 Å². The molecule has 0 amide bonds. The summed E-state index contributed by atoms with van der Waals surface area (Å²) in [5.74, 6) is 2.91. The highest BCUT2D eigenvalue weighted by atomic mass is 16.3. The van der Waals surface area contributed by atoms with Crippen molar-refractivity contribution in [3.63, 3.8) is 0 Å². The second-order valence-corrected chi connectivity index (χ2v) is 5.76. The molecule has 1 aromatic rings. The van der Waals surface area contributed by atoms with Gasteiger partial charge < -0.3 is 15.7 Å². The highest BCUT2D eigenvalue weighted by Gasteiger charge is 2.13. The van der Waals surface area contributed by atoms with Crippen LogP contribution in [0.5, 0.6) is 0 Å². The molecule has 21 heavy (non-hydrogen) atoms. The third-order valence-electron chi connectivity index (χ3n) is 3.46. The van der Waals surface area contributed by atoms with Crippen LogP contribution in [0.25, 0.3) is 0 Å². The minimum atomic E-state index is -0.248. The normalized spacial score (nSPS) is 12.5. The number of anilines is 2. The van der Waals surface area contributed by atoms with Gasteiger partial charge in [0.15, 0.2) is 0 Å². The van der Waals surface area contributed by atoms with Gasteiger partial charge in [0.2, 0.25) is 0 Å². The number of hydrogen-bond acceptors (Lipinski definition) is 5. The zero-order chi connectivity index (χ0) is 15.8. The van der Waals surface area contributed by atoms with Crippen molar-refractivity contribution in [3.05, 3.63) is 11.4 Å². The Kier molecular flexibility index (Phi) is 7.43. The molecule has 1 unspecified atom stereocenters. The van der Waals surface area contributed by atoms with Crippen molar-refractivity contribution in [2.75, 3.05) is 23.7 Å². The highest BCUT2D eigenvalue weighted by Crippen LogP contribution is 2.23. The smallest absolute Gasteiger partial charge is 0.135 e. The third kappa shape index (κ3) is 5.50. The van der Waals surface area contributed by atoms with Crippen molar-refractivity contribution in [1.82, 2.24) is 9.97 Å². The zero-order valence-electron chi connectivity index (χ0n) is 14.0. The van der Waals surface area contributed by atoms with Gasteiger partial charge in [-0.3, -0.25) is 0 Å². The first kappa shape index (κ1) is 17.7. The molecule has 5 nitrogen and oxygen atoms in total. The third-order valence-corrected chi connectivity index (χ3v) is 3.46. The van der Waals surface area contributed by atoms with Crippen molar-refractivity contribution in [3.8, 4) is 0 Å². The summed E-state index contributed by atoms with van der Waals surface area (Å²) >= 11 is 0. The van der Waals surface area contributed by atoms with Crippen LogP contribution in [0.15, 0.2) is 0 Å². The van der Waals surface area contributed by atoms with E-state index in [0.717, 1.165) is 55.4 Å². The van der Waals surface area contributed by atoms with Gasteiger partial charge in [-0.2, -0.15) is 0 Å². The van der Waals surface area contributed by atoms with E-state index in [9.17, 15) is 5.11 Å². The number of aliphatic hydroxyl groups excluding tert-OH is 1. The largest absolute Gasteiger partial charge is 0.393 e. The SMILES string of the molecule is CCCNc1nc(C(C)C)nc(NCCC(O)CC)c1C. The first-order chi connectivity index (χ1) is 9.99. The molecule has 5 heteroatoms. The maximum Gasteiger partial charge on any atom is 0.135 e. The lowest BCUT2D eigenvalue weighted by Crippen LogP contribution is -2.16. The highest BCUT2D eigenvalue weighted by molar-refractivity contribution is 5.57. The Labute approximate surface area is 128 Å². The molecular formula is C16H30N4O. The van der Waals surface area contributed by atoms with Gasteiger partial charge in [0, 0.05) is 24.6 Å². The molecule has 0 radical (unpaired) electrons. The molecule has 0 aromatic carbocycles. The predicted octanol–water partition coefficient (Wildman–Crippen LogP) is 3.30.